The van der Waals surface area contributed by atoms with Crippen LogP contribution in [0.4, 0.5) is 0 Å². The number of carbonyl (C=O) groups is 1. The van der Waals surface area contributed by atoms with Crippen LogP contribution in [-0.2, 0) is 9.53 Å². The first kappa shape index (κ1) is 14.2. The molecular formula is C14H19NO3S. The Hall–Kier alpha value is -1.20. The van der Waals surface area contributed by atoms with Gasteiger partial charge in [-0.05, 0) is 13.0 Å². The van der Waals surface area contributed by atoms with E-state index in [1.165, 1.54) is 5.56 Å². The van der Waals surface area contributed by atoms with E-state index in [1.54, 1.807) is 18.7 Å². The molecule has 0 aliphatic carbocycles. The van der Waals surface area contributed by atoms with Gasteiger partial charge in [0.2, 0.25) is 0 Å². The van der Waals surface area contributed by atoms with Crippen molar-refractivity contribution in [1.29, 1.82) is 0 Å². The van der Waals surface area contributed by atoms with Crippen molar-refractivity contribution in [3.63, 3.8) is 0 Å². The van der Waals surface area contributed by atoms with Gasteiger partial charge in [0.05, 0.1) is 13.2 Å². The van der Waals surface area contributed by atoms with Gasteiger partial charge in [0.1, 0.15) is 11.8 Å². The number of esters is 1. The molecule has 2 N–H and O–H groups in total. The highest BCUT2D eigenvalue weighted by Crippen LogP contribution is 2.35. The first-order chi connectivity index (χ1) is 9.22. The van der Waals surface area contributed by atoms with Crippen molar-refractivity contribution < 1.29 is 14.3 Å². The Morgan fingerprint density at radius 1 is 1.58 bits per heavy atom. The second-order valence-electron chi connectivity index (χ2n) is 4.44. The number of thioether (sulfide) groups is 1. The van der Waals surface area contributed by atoms with Crippen LogP contribution >= 0.6 is 11.8 Å². The van der Waals surface area contributed by atoms with E-state index in [2.05, 4.69) is 6.07 Å². The van der Waals surface area contributed by atoms with Crippen LogP contribution in [0.2, 0.25) is 0 Å². The normalized spacial score (nSPS) is 18.5. The Kier molecular flexibility index (Phi) is 5.10. The molecule has 1 heterocycles. The molecule has 4 nitrogen and oxygen atoms in total. The zero-order chi connectivity index (χ0) is 13.7. The summed E-state index contributed by atoms with van der Waals surface area (Å²) in [6, 6.07) is 7.55. The fraction of sp³-hybridized carbons (Fsp3) is 0.500. The van der Waals surface area contributed by atoms with Crippen molar-refractivity contribution in [2.45, 2.75) is 18.9 Å². The van der Waals surface area contributed by atoms with Crippen molar-refractivity contribution in [2.75, 3.05) is 24.7 Å². The van der Waals surface area contributed by atoms with Crippen molar-refractivity contribution >= 4 is 17.7 Å². The molecule has 1 aliphatic rings. The molecule has 2 atom stereocenters. The number of fused-ring (bicyclic) bond motifs is 1. The van der Waals surface area contributed by atoms with Crippen molar-refractivity contribution in [3.05, 3.63) is 29.8 Å². The van der Waals surface area contributed by atoms with Gasteiger partial charge in [-0.3, -0.25) is 4.79 Å². The Bertz CT molecular complexity index is 438. The van der Waals surface area contributed by atoms with E-state index in [0.717, 1.165) is 11.5 Å². The third-order valence-corrected chi connectivity index (χ3v) is 4.24. The lowest BCUT2D eigenvalue weighted by Crippen LogP contribution is -2.34. The van der Waals surface area contributed by atoms with Gasteiger partial charge < -0.3 is 15.2 Å². The number of nitrogens with two attached hydrogens (primary N) is 1. The van der Waals surface area contributed by atoms with Gasteiger partial charge >= 0.3 is 5.97 Å². The van der Waals surface area contributed by atoms with Crippen LogP contribution in [0.1, 0.15) is 18.4 Å². The third-order valence-electron chi connectivity index (χ3n) is 3.00. The topological polar surface area (TPSA) is 61.5 Å². The SMILES string of the molecule is CCOC(=O)C(N)CSCC1COc2ccccc21. The van der Waals surface area contributed by atoms with Gasteiger partial charge in [0, 0.05) is 23.0 Å². The van der Waals surface area contributed by atoms with Gasteiger partial charge in [-0.15, -0.1) is 0 Å². The zero-order valence-corrected chi connectivity index (χ0v) is 11.8. The molecule has 5 heteroatoms. The lowest BCUT2D eigenvalue weighted by molar-refractivity contribution is -0.144. The maximum atomic E-state index is 11.4. The summed E-state index contributed by atoms with van der Waals surface area (Å²) in [4.78, 5) is 11.4. The zero-order valence-electron chi connectivity index (χ0n) is 11.0. The number of rotatable bonds is 6. The van der Waals surface area contributed by atoms with E-state index < -0.39 is 6.04 Å². The number of hydrogen-bond acceptors (Lipinski definition) is 5. The standard InChI is InChI=1S/C14H19NO3S/c1-2-17-14(16)12(15)9-19-8-10-7-18-13-6-4-3-5-11(10)13/h3-6,10,12H,2,7-9,15H2,1H3. The highest BCUT2D eigenvalue weighted by molar-refractivity contribution is 7.99. The second kappa shape index (κ2) is 6.82. The number of carbonyl (C=O) groups excluding carboxylic acids is 1. The largest absolute Gasteiger partial charge is 0.493 e. The lowest BCUT2D eigenvalue weighted by Gasteiger charge is -2.12. The maximum absolute atomic E-state index is 11.4. The first-order valence-electron chi connectivity index (χ1n) is 6.44. The fourth-order valence-corrected chi connectivity index (χ4v) is 3.11. The van der Waals surface area contributed by atoms with Crippen LogP contribution in [0.15, 0.2) is 24.3 Å². The maximum Gasteiger partial charge on any atom is 0.323 e. The van der Waals surface area contributed by atoms with Gasteiger partial charge in [-0.25, -0.2) is 0 Å². The number of hydrogen-bond donors (Lipinski definition) is 1. The molecular weight excluding hydrogens is 262 g/mol. The minimum Gasteiger partial charge on any atom is -0.493 e. The predicted octanol–water partition coefficient (Wildman–Crippen LogP) is 1.79. The molecule has 0 saturated heterocycles. The van der Waals surface area contributed by atoms with E-state index in [4.69, 9.17) is 15.2 Å². The average molecular weight is 281 g/mol. The summed E-state index contributed by atoms with van der Waals surface area (Å²) in [6.45, 7) is 2.87. The van der Waals surface area contributed by atoms with Gasteiger partial charge in [0.15, 0.2) is 0 Å². The Labute approximate surface area is 117 Å². The molecule has 0 spiro atoms. The van der Waals surface area contributed by atoms with Crippen LogP contribution in [0.3, 0.4) is 0 Å². The summed E-state index contributed by atoms with van der Waals surface area (Å²) >= 11 is 1.67. The van der Waals surface area contributed by atoms with Gasteiger partial charge in [-0.2, -0.15) is 11.8 Å². The van der Waals surface area contributed by atoms with E-state index >= 15 is 0 Å². The monoisotopic (exact) mass is 281 g/mol. The average Bonchev–Trinajstić information content (AvgIpc) is 2.82. The Balaban J connectivity index is 1.77. The highest BCUT2D eigenvalue weighted by atomic mass is 32.2. The van der Waals surface area contributed by atoms with E-state index in [9.17, 15) is 4.79 Å². The first-order valence-corrected chi connectivity index (χ1v) is 7.59. The summed E-state index contributed by atoms with van der Waals surface area (Å²) in [7, 11) is 0. The lowest BCUT2D eigenvalue weighted by atomic mass is 10.0. The predicted molar refractivity (Wildman–Crippen MR) is 76.6 cm³/mol. The Morgan fingerprint density at radius 3 is 3.16 bits per heavy atom. The summed E-state index contributed by atoms with van der Waals surface area (Å²) in [5, 5.41) is 0. The molecule has 0 fully saturated rings. The smallest absolute Gasteiger partial charge is 0.323 e. The number of ether oxygens (including phenoxy) is 2. The summed E-state index contributed by atoms with van der Waals surface area (Å²) in [6.07, 6.45) is 0. The van der Waals surface area contributed by atoms with Crippen molar-refractivity contribution in [1.82, 2.24) is 0 Å². The molecule has 1 aromatic rings. The number of benzene rings is 1. The second-order valence-corrected chi connectivity index (χ2v) is 5.52. The van der Waals surface area contributed by atoms with Crippen LogP contribution < -0.4 is 10.5 Å². The van der Waals surface area contributed by atoms with Crippen LogP contribution in [0.25, 0.3) is 0 Å². The quantitative estimate of drug-likeness (QED) is 0.805. The molecule has 0 saturated carbocycles. The Morgan fingerprint density at radius 2 is 2.37 bits per heavy atom. The van der Waals surface area contributed by atoms with Crippen LogP contribution in [0, 0.1) is 0 Å². The van der Waals surface area contributed by atoms with E-state index in [1.807, 2.05) is 18.2 Å². The molecule has 1 aliphatic heterocycles. The summed E-state index contributed by atoms with van der Waals surface area (Å²) < 4.78 is 10.5. The van der Waals surface area contributed by atoms with Crippen LogP contribution in [-0.4, -0.2) is 36.7 Å². The van der Waals surface area contributed by atoms with E-state index in [0.29, 0.717) is 24.9 Å². The van der Waals surface area contributed by atoms with Crippen LogP contribution in [0.5, 0.6) is 5.75 Å². The fourth-order valence-electron chi connectivity index (χ4n) is 2.02. The molecule has 0 bridgehead atoms. The van der Waals surface area contributed by atoms with Gasteiger partial charge in [-0.1, -0.05) is 18.2 Å². The molecule has 2 unspecified atom stereocenters. The molecule has 0 amide bonds. The molecule has 19 heavy (non-hydrogen) atoms. The highest BCUT2D eigenvalue weighted by Gasteiger charge is 2.24. The molecule has 0 radical (unpaired) electrons. The molecule has 2 rings (SSSR count). The minimum absolute atomic E-state index is 0.321. The van der Waals surface area contributed by atoms with Crippen molar-refractivity contribution in [2.24, 2.45) is 5.73 Å². The third kappa shape index (κ3) is 3.64. The minimum atomic E-state index is -0.539. The number of para-hydroxylation sites is 1. The molecule has 104 valence electrons. The molecule has 0 aromatic heterocycles. The summed E-state index contributed by atoms with van der Waals surface area (Å²) in [5.74, 6) is 2.53. The van der Waals surface area contributed by atoms with E-state index in [-0.39, 0.29) is 5.97 Å². The summed E-state index contributed by atoms with van der Waals surface area (Å²) in [5.41, 5.74) is 7.01. The van der Waals surface area contributed by atoms with Gasteiger partial charge in [0.25, 0.3) is 0 Å². The van der Waals surface area contributed by atoms with Crippen molar-refractivity contribution in [3.8, 4) is 5.75 Å². The molecule has 1 aromatic carbocycles.